The lowest BCUT2D eigenvalue weighted by Crippen LogP contribution is -2.51. The van der Waals surface area contributed by atoms with Crippen molar-refractivity contribution in [2.24, 2.45) is 11.7 Å². The number of rotatable bonds is 7. The van der Waals surface area contributed by atoms with Gasteiger partial charge in [-0.1, -0.05) is 48.7 Å². The Hall–Kier alpha value is -1.95. The minimum absolute atomic E-state index is 0.0289. The summed E-state index contributed by atoms with van der Waals surface area (Å²) in [5, 5.41) is 2.36. The molecule has 0 spiro atoms. The first-order valence-corrected chi connectivity index (χ1v) is 7.36. The molecule has 2 amide bonds. The number of nitrogens with zero attached hydrogens (tertiary/aromatic N) is 1. The second kappa shape index (κ2) is 8.48. The van der Waals surface area contributed by atoms with Crippen LogP contribution in [0.2, 0.25) is 0 Å². The van der Waals surface area contributed by atoms with Crippen LogP contribution in [0, 0.1) is 5.92 Å². The van der Waals surface area contributed by atoms with Gasteiger partial charge < -0.3 is 11.1 Å². The van der Waals surface area contributed by atoms with Gasteiger partial charge in [-0.05, 0) is 17.9 Å². The fourth-order valence-electron chi connectivity index (χ4n) is 2.20. The Morgan fingerprint density at radius 2 is 1.86 bits per heavy atom. The Labute approximate surface area is 130 Å². The molecule has 2 atom stereocenters. The molecule has 0 heterocycles. The standard InChI is InChI=1S/C16H24FN3O2/c1-11(2)9-13(18)16(22)20(17)14(15(21)19-3)10-12-7-5-4-6-8-12/h4-8,11,13-14H,9-10,18H2,1-3H3,(H,19,21). The third kappa shape index (κ3) is 5.11. The lowest BCUT2D eigenvalue weighted by Gasteiger charge is -2.25. The first-order chi connectivity index (χ1) is 10.4. The maximum Gasteiger partial charge on any atom is 0.267 e. The van der Waals surface area contributed by atoms with Crippen LogP contribution in [0.1, 0.15) is 25.8 Å². The van der Waals surface area contributed by atoms with E-state index in [4.69, 9.17) is 5.73 Å². The van der Waals surface area contributed by atoms with E-state index >= 15 is 0 Å². The Bertz CT molecular complexity index is 493. The van der Waals surface area contributed by atoms with Crippen molar-refractivity contribution in [2.75, 3.05) is 7.05 Å². The average molecular weight is 309 g/mol. The van der Waals surface area contributed by atoms with Gasteiger partial charge >= 0.3 is 0 Å². The monoisotopic (exact) mass is 309 g/mol. The first kappa shape index (κ1) is 18.1. The third-order valence-electron chi connectivity index (χ3n) is 3.35. The van der Waals surface area contributed by atoms with Crippen molar-refractivity contribution in [3.8, 4) is 0 Å². The Morgan fingerprint density at radius 3 is 2.36 bits per heavy atom. The summed E-state index contributed by atoms with van der Waals surface area (Å²) >= 11 is 0. The molecule has 3 N–H and O–H groups in total. The van der Waals surface area contributed by atoms with E-state index in [1.54, 1.807) is 24.3 Å². The van der Waals surface area contributed by atoms with E-state index in [2.05, 4.69) is 5.32 Å². The van der Waals surface area contributed by atoms with Crippen molar-refractivity contribution in [3.63, 3.8) is 0 Å². The van der Waals surface area contributed by atoms with Crippen molar-refractivity contribution in [3.05, 3.63) is 35.9 Å². The number of nitrogens with one attached hydrogen (secondary N) is 1. The molecule has 5 nitrogen and oxygen atoms in total. The normalized spacial score (nSPS) is 13.5. The molecule has 0 saturated heterocycles. The molecule has 1 rings (SSSR count). The Balaban J connectivity index is 2.87. The van der Waals surface area contributed by atoms with Crippen LogP contribution in [0.25, 0.3) is 0 Å². The summed E-state index contributed by atoms with van der Waals surface area (Å²) in [7, 11) is 1.41. The molecule has 1 aromatic rings. The van der Waals surface area contributed by atoms with Gasteiger partial charge in [-0.15, -0.1) is 0 Å². The molecular formula is C16H24FN3O2. The number of amides is 2. The topological polar surface area (TPSA) is 75.4 Å². The lowest BCUT2D eigenvalue weighted by atomic mass is 10.0. The summed E-state index contributed by atoms with van der Waals surface area (Å²) < 4.78 is 14.4. The maximum atomic E-state index is 14.4. The van der Waals surface area contributed by atoms with Crippen LogP contribution in [0.15, 0.2) is 30.3 Å². The molecule has 0 bridgehead atoms. The zero-order valence-corrected chi connectivity index (χ0v) is 13.3. The van der Waals surface area contributed by atoms with Gasteiger partial charge in [-0.2, -0.15) is 5.12 Å². The van der Waals surface area contributed by atoms with Gasteiger partial charge in [0.1, 0.15) is 6.04 Å². The van der Waals surface area contributed by atoms with Gasteiger partial charge in [-0.3, -0.25) is 9.59 Å². The zero-order valence-electron chi connectivity index (χ0n) is 13.3. The van der Waals surface area contributed by atoms with Gasteiger partial charge in [0.15, 0.2) is 0 Å². The molecule has 6 heteroatoms. The molecule has 0 radical (unpaired) electrons. The fraction of sp³-hybridized carbons (Fsp3) is 0.500. The number of carbonyl (C=O) groups excluding carboxylic acids is 2. The van der Waals surface area contributed by atoms with E-state index in [0.717, 1.165) is 5.56 Å². The molecule has 0 aliphatic carbocycles. The average Bonchev–Trinajstić information content (AvgIpc) is 2.50. The van der Waals surface area contributed by atoms with E-state index in [9.17, 15) is 14.1 Å². The maximum absolute atomic E-state index is 14.4. The smallest absolute Gasteiger partial charge is 0.267 e. The van der Waals surface area contributed by atoms with Crippen molar-refractivity contribution < 1.29 is 14.1 Å². The van der Waals surface area contributed by atoms with E-state index in [-0.39, 0.29) is 17.5 Å². The molecule has 0 aromatic heterocycles. The largest absolute Gasteiger partial charge is 0.357 e. The molecule has 2 unspecified atom stereocenters. The molecule has 1 aromatic carbocycles. The highest BCUT2D eigenvalue weighted by molar-refractivity contribution is 5.89. The molecule has 0 saturated carbocycles. The number of hydrogen-bond acceptors (Lipinski definition) is 3. The Morgan fingerprint density at radius 1 is 1.27 bits per heavy atom. The quantitative estimate of drug-likeness (QED) is 0.748. The van der Waals surface area contributed by atoms with Gasteiger partial charge in [0.2, 0.25) is 5.91 Å². The highest BCUT2D eigenvalue weighted by Crippen LogP contribution is 2.14. The summed E-state index contributed by atoms with van der Waals surface area (Å²) in [6.07, 6.45) is 0.461. The number of carbonyl (C=O) groups is 2. The number of halogens is 1. The van der Waals surface area contributed by atoms with Crippen molar-refractivity contribution in [2.45, 2.75) is 38.8 Å². The second-order valence-corrected chi connectivity index (χ2v) is 5.71. The van der Waals surface area contributed by atoms with Gasteiger partial charge in [0.25, 0.3) is 5.91 Å². The third-order valence-corrected chi connectivity index (χ3v) is 3.35. The van der Waals surface area contributed by atoms with Crippen LogP contribution >= 0.6 is 0 Å². The highest BCUT2D eigenvalue weighted by atomic mass is 19.2. The van der Waals surface area contributed by atoms with Crippen LogP contribution in [-0.4, -0.2) is 36.1 Å². The van der Waals surface area contributed by atoms with Crippen LogP contribution in [0.3, 0.4) is 0 Å². The van der Waals surface area contributed by atoms with E-state index in [0.29, 0.717) is 6.42 Å². The zero-order chi connectivity index (χ0) is 16.7. The summed E-state index contributed by atoms with van der Waals surface area (Å²) in [5.74, 6) is -1.25. The van der Waals surface area contributed by atoms with E-state index < -0.39 is 23.9 Å². The summed E-state index contributed by atoms with van der Waals surface area (Å²) in [6, 6.07) is 6.81. The highest BCUT2D eigenvalue weighted by Gasteiger charge is 2.33. The number of likely N-dealkylation sites (N-methyl/N-ethyl adjacent to an activating group) is 1. The van der Waals surface area contributed by atoms with Crippen molar-refractivity contribution >= 4 is 11.8 Å². The lowest BCUT2D eigenvalue weighted by molar-refractivity contribution is -0.159. The van der Waals surface area contributed by atoms with E-state index in [1.165, 1.54) is 7.05 Å². The van der Waals surface area contributed by atoms with E-state index in [1.807, 2.05) is 19.9 Å². The van der Waals surface area contributed by atoms with Gasteiger partial charge in [-0.25, -0.2) is 0 Å². The summed E-state index contributed by atoms with van der Waals surface area (Å²) in [4.78, 5) is 24.0. The van der Waals surface area contributed by atoms with Crippen molar-refractivity contribution in [1.29, 1.82) is 0 Å². The van der Waals surface area contributed by atoms with Gasteiger partial charge in [0.05, 0.1) is 6.04 Å². The second-order valence-electron chi connectivity index (χ2n) is 5.71. The number of nitrogens with two attached hydrogens (primary N) is 1. The van der Waals surface area contributed by atoms with Crippen LogP contribution < -0.4 is 11.1 Å². The SMILES string of the molecule is CNC(=O)C(Cc1ccccc1)N(F)C(=O)C(N)CC(C)C. The number of hydrogen-bond donors (Lipinski definition) is 2. The molecule has 22 heavy (non-hydrogen) atoms. The predicted octanol–water partition coefficient (Wildman–Crippen LogP) is 1.43. The first-order valence-electron chi connectivity index (χ1n) is 7.36. The summed E-state index contributed by atoms with van der Waals surface area (Å²) in [5.41, 5.74) is 6.50. The predicted molar refractivity (Wildman–Crippen MR) is 83.4 cm³/mol. The minimum Gasteiger partial charge on any atom is -0.357 e. The Kier molecular flexibility index (Phi) is 6.98. The summed E-state index contributed by atoms with van der Waals surface area (Å²) in [6.45, 7) is 3.80. The van der Waals surface area contributed by atoms with Crippen LogP contribution in [0.5, 0.6) is 0 Å². The van der Waals surface area contributed by atoms with Crippen LogP contribution in [0.4, 0.5) is 4.48 Å². The molecule has 0 aliphatic heterocycles. The number of benzene rings is 1. The molecular weight excluding hydrogens is 285 g/mol. The van der Waals surface area contributed by atoms with Crippen LogP contribution in [-0.2, 0) is 16.0 Å². The van der Waals surface area contributed by atoms with Gasteiger partial charge in [0, 0.05) is 13.5 Å². The minimum atomic E-state index is -1.22. The fourth-order valence-corrected chi connectivity index (χ4v) is 2.20. The van der Waals surface area contributed by atoms with Crippen molar-refractivity contribution in [1.82, 2.24) is 10.4 Å². The molecule has 0 fully saturated rings. The molecule has 122 valence electrons. The molecule has 0 aliphatic rings.